The van der Waals surface area contributed by atoms with Crippen LogP contribution in [0.15, 0.2) is 24.4 Å². The van der Waals surface area contributed by atoms with E-state index in [1.54, 1.807) is 0 Å². The first-order valence-electron chi connectivity index (χ1n) is 5.62. The van der Waals surface area contributed by atoms with E-state index < -0.39 is 0 Å². The maximum absolute atomic E-state index is 11.8. The number of benzene rings is 1. The number of aromatic nitrogens is 3. The predicted molar refractivity (Wildman–Crippen MR) is 69.4 cm³/mol. The van der Waals surface area contributed by atoms with Crippen LogP contribution in [0.2, 0.25) is 0 Å². The minimum absolute atomic E-state index is 0.115. The molecule has 0 radical (unpaired) electrons. The molecule has 0 unspecified atom stereocenters. The molecule has 6 nitrogen and oxygen atoms in total. The van der Waals surface area contributed by atoms with E-state index in [4.69, 9.17) is 0 Å². The summed E-state index contributed by atoms with van der Waals surface area (Å²) in [7, 11) is 0. The van der Waals surface area contributed by atoms with Crippen molar-refractivity contribution in [2.24, 2.45) is 0 Å². The average Bonchev–Trinajstić information content (AvgIpc) is 2.84. The first kappa shape index (κ1) is 12.1. The molecule has 0 saturated carbocycles. The predicted octanol–water partition coefficient (Wildman–Crippen LogP) is 1.47. The Morgan fingerprint density at radius 2 is 2.06 bits per heavy atom. The van der Waals surface area contributed by atoms with E-state index in [-0.39, 0.29) is 12.5 Å². The third-order valence-electron chi connectivity index (χ3n) is 2.59. The quantitative estimate of drug-likeness (QED) is 0.761. The molecule has 3 N–H and O–H groups in total. The van der Waals surface area contributed by atoms with Crippen LogP contribution in [0.1, 0.15) is 11.1 Å². The molecule has 1 aromatic carbocycles. The molecule has 0 spiro atoms. The van der Waals surface area contributed by atoms with Crippen LogP contribution in [0.3, 0.4) is 0 Å². The normalized spacial score (nSPS) is 10.1. The minimum Gasteiger partial charge on any atom is -0.358 e. The highest BCUT2D eigenvalue weighted by Gasteiger charge is 2.07. The maximum Gasteiger partial charge on any atom is 0.243 e. The van der Waals surface area contributed by atoms with Crippen molar-refractivity contribution < 1.29 is 4.79 Å². The van der Waals surface area contributed by atoms with Gasteiger partial charge in [0.25, 0.3) is 0 Å². The number of hydrogen-bond acceptors (Lipinski definition) is 4. The van der Waals surface area contributed by atoms with E-state index in [0.717, 1.165) is 16.8 Å². The van der Waals surface area contributed by atoms with Crippen LogP contribution < -0.4 is 10.6 Å². The summed E-state index contributed by atoms with van der Waals surface area (Å²) >= 11 is 0. The highest BCUT2D eigenvalue weighted by Crippen LogP contribution is 2.19. The van der Waals surface area contributed by atoms with Gasteiger partial charge in [-0.2, -0.15) is 10.3 Å². The number of aryl methyl sites for hydroxylation is 2. The number of nitrogens with zero attached hydrogens (tertiary/aromatic N) is 2. The second kappa shape index (κ2) is 5.31. The molecule has 0 aliphatic carbocycles. The lowest BCUT2D eigenvalue weighted by Gasteiger charge is -2.11. The van der Waals surface area contributed by atoms with E-state index in [1.165, 1.54) is 6.20 Å². The van der Waals surface area contributed by atoms with Gasteiger partial charge in [-0.05, 0) is 25.0 Å². The van der Waals surface area contributed by atoms with E-state index in [9.17, 15) is 4.79 Å². The second-order valence-electron chi connectivity index (χ2n) is 4.02. The van der Waals surface area contributed by atoms with Gasteiger partial charge in [-0.15, -0.1) is 5.10 Å². The number of H-pyrrole nitrogens is 1. The Morgan fingerprint density at radius 3 is 2.67 bits per heavy atom. The molecule has 6 heteroatoms. The summed E-state index contributed by atoms with van der Waals surface area (Å²) < 4.78 is 0. The van der Waals surface area contributed by atoms with Gasteiger partial charge >= 0.3 is 0 Å². The summed E-state index contributed by atoms with van der Waals surface area (Å²) in [6.45, 7) is 4.08. The zero-order valence-electron chi connectivity index (χ0n) is 10.3. The third kappa shape index (κ3) is 2.85. The maximum atomic E-state index is 11.8. The van der Waals surface area contributed by atoms with Crippen molar-refractivity contribution >= 4 is 17.4 Å². The molecule has 0 aliphatic heterocycles. The fraction of sp³-hybridized carbons (Fsp3) is 0.250. The molecule has 0 fully saturated rings. The molecule has 1 amide bonds. The zero-order valence-corrected chi connectivity index (χ0v) is 10.3. The highest BCUT2D eigenvalue weighted by atomic mass is 16.1. The van der Waals surface area contributed by atoms with Crippen LogP contribution >= 0.6 is 0 Å². The van der Waals surface area contributed by atoms with Gasteiger partial charge in [0, 0.05) is 5.69 Å². The molecule has 0 saturated heterocycles. The Balaban J connectivity index is 1.95. The Hall–Kier alpha value is -2.37. The van der Waals surface area contributed by atoms with Crippen molar-refractivity contribution in [1.82, 2.24) is 15.4 Å². The number of nitrogens with one attached hydrogen (secondary N) is 3. The van der Waals surface area contributed by atoms with Gasteiger partial charge in [0.1, 0.15) is 0 Å². The molecule has 2 aromatic rings. The van der Waals surface area contributed by atoms with Gasteiger partial charge in [0.15, 0.2) is 5.82 Å². The minimum atomic E-state index is -0.115. The Bertz CT molecular complexity index is 515. The second-order valence-corrected chi connectivity index (χ2v) is 4.02. The number of hydrogen-bond donors (Lipinski definition) is 3. The van der Waals surface area contributed by atoms with Crippen molar-refractivity contribution in [2.45, 2.75) is 13.8 Å². The number of carbonyl (C=O) groups is 1. The van der Waals surface area contributed by atoms with Crippen LogP contribution in [-0.2, 0) is 4.79 Å². The van der Waals surface area contributed by atoms with Crippen LogP contribution in [0.5, 0.6) is 0 Å². The Morgan fingerprint density at radius 1 is 1.33 bits per heavy atom. The van der Waals surface area contributed by atoms with Crippen LogP contribution in [-0.4, -0.2) is 27.9 Å². The van der Waals surface area contributed by atoms with Gasteiger partial charge in [-0.1, -0.05) is 18.2 Å². The Labute approximate surface area is 105 Å². The standard InChI is InChI=1S/C12H15N5O/c1-8-4-3-5-9(2)12(8)15-11(18)7-13-10-6-14-17-16-10/h3-6H,7H2,1-2H3,(H,15,18)(H2,13,14,16,17). The molecule has 18 heavy (non-hydrogen) atoms. The molecule has 2 rings (SSSR count). The fourth-order valence-corrected chi connectivity index (χ4v) is 1.65. The lowest BCUT2D eigenvalue weighted by atomic mass is 10.1. The van der Waals surface area contributed by atoms with Gasteiger partial charge in [-0.25, -0.2) is 0 Å². The van der Waals surface area contributed by atoms with Gasteiger partial charge in [0.2, 0.25) is 5.91 Å². The molecular weight excluding hydrogens is 230 g/mol. The zero-order chi connectivity index (χ0) is 13.0. The lowest BCUT2D eigenvalue weighted by molar-refractivity contribution is -0.114. The van der Waals surface area contributed by atoms with Crippen molar-refractivity contribution in [3.63, 3.8) is 0 Å². The van der Waals surface area contributed by atoms with Gasteiger partial charge in [0.05, 0.1) is 12.7 Å². The SMILES string of the molecule is Cc1cccc(C)c1NC(=O)CNc1cn[nH]n1. The smallest absolute Gasteiger partial charge is 0.243 e. The number of para-hydroxylation sites is 1. The molecular formula is C12H15N5O. The van der Waals surface area contributed by atoms with Gasteiger partial charge < -0.3 is 10.6 Å². The van der Waals surface area contributed by atoms with Crippen LogP contribution in [0, 0.1) is 13.8 Å². The summed E-state index contributed by atoms with van der Waals surface area (Å²) in [5, 5.41) is 15.7. The number of anilines is 2. The van der Waals surface area contributed by atoms with E-state index in [2.05, 4.69) is 26.0 Å². The molecule has 94 valence electrons. The highest BCUT2D eigenvalue weighted by molar-refractivity contribution is 5.94. The van der Waals surface area contributed by atoms with E-state index in [0.29, 0.717) is 5.82 Å². The first-order chi connectivity index (χ1) is 8.66. The summed E-state index contributed by atoms with van der Waals surface area (Å²) in [6, 6.07) is 5.90. The van der Waals surface area contributed by atoms with Crippen molar-refractivity contribution in [3.05, 3.63) is 35.5 Å². The molecule has 0 atom stereocenters. The lowest BCUT2D eigenvalue weighted by Crippen LogP contribution is -2.22. The van der Waals surface area contributed by atoms with Gasteiger partial charge in [-0.3, -0.25) is 4.79 Å². The number of rotatable bonds is 4. The van der Waals surface area contributed by atoms with Crippen molar-refractivity contribution in [2.75, 3.05) is 17.2 Å². The monoisotopic (exact) mass is 245 g/mol. The van der Waals surface area contributed by atoms with Crippen LogP contribution in [0.25, 0.3) is 0 Å². The first-order valence-corrected chi connectivity index (χ1v) is 5.62. The molecule has 0 aliphatic rings. The van der Waals surface area contributed by atoms with E-state index in [1.807, 2.05) is 32.0 Å². The summed E-state index contributed by atoms with van der Waals surface area (Å²) in [5.74, 6) is 0.432. The third-order valence-corrected chi connectivity index (χ3v) is 2.59. The van der Waals surface area contributed by atoms with Crippen LogP contribution in [0.4, 0.5) is 11.5 Å². The molecule has 0 bridgehead atoms. The summed E-state index contributed by atoms with van der Waals surface area (Å²) in [6.07, 6.45) is 1.52. The van der Waals surface area contributed by atoms with Crippen molar-refractivity contribution in [3.8, 4) is 0 Å². The molecule has 1 heterocycles. The molecule has 1 aromatic heterocycles. The summed E-state index contributed by atoms with van der Waals surface area (Å²) in [4.78, 5) is 11.8. The van der Waals surface area contributed by atoms with Crippen molar-refractivity contribution in [1.29, 1.82) is 0 Å². The topological polar surface area (TPSA) is 82.7 Å². The summed E-state index contributed by atoms with van der Waals surface area (Å²) in [5.41, 5.74) is 2.96. The van der Waals surface area contributed by atoms with E-state index >= 15 is 0 Å². The average molecular weight is 245 g/mol. The fourth-order valence-electron chi connectivity index (χ4n) is 1.65. The Kier molecular flexibility index (Phi) is 3.57. The number of aromatic amines is 1. The number of amides is 1. The largest absolute Gasteiger partial charge is 0.358 e. The number of carbonyl (C=O) groups excluding carboxylic acids is 1.